The highest BCUT2D eigenvalue weighted by Gasteiger charge is 2.31. The van der Waals surface area contributed by atoms with Gasteiger partial charge >= 0.3 is 0 Å². The smallest absolute Gasteiger partial charge is 0.255 e. The number of nitrogens with one attached hydrogen (secondary N) is 1. The molecule has 126 valence electrons. The second-order valence-electron chi connectivity index (χ2n) is 4.85. The van der Waals surface area contributed by atoms with Crippen LogP contribution in [0.3, 0.4) is 0 Å². The number of benzene rings is 1. The van der Waals surface area contributed by atoms with Crippen molar-refractivity contribution in [2.24, 2.45) is 0 Å². The van der Waals surface area contributed by atoms with Gasteiger partial charge in [0, 0.05) is 29.5 Å². The molecule has 1 aromatic rings. The van der Waals surface area contributed by atoms with Gasteiger partial charge in [0.05, 0.1) is 0 Å². The maximum absolute atomic E-state index is 12.2. The van der Waals surface area contributed by atoms with Crippen molar-refractivity contribution in [3.63, 3.8) is 0 Å². The molecule has 1 rings (SSSR count). The molecule has 5 nitrogen and oxygen atoms in total. The van der Waals surface area contributed by atoms with E-state index in [1.165, 1.54) is 9.13 Å². The lowest BCUT2D eigenvalue weighted by atomic mass is 10.2. The molecule has 0 saturated carbocycles. The monoisotopic (exact) mass is 441 g/mol. The third-order valence-corrected chi connectivity index (χ3v) is 5.66. The van der Waals surface area contributed by atoms with Gasteiger partial charge in [0.1, 0.15) is 0 Å². The van der Waals surface area contributed by atoms with Crippen molar-refractivity contribution in [2.75, 3.05) is 25.9 Å². The van der Waals surface area contributed by atoms with E-state index in [0.717, 1.165) is 6.54 Å². The average molecular weight is 441 g/mol. The van der Waals surface area contributed by atoms with Crippen molar-refractivity contribution >= 4 is 30.0 Å². The van der Waals surface area contributed by atoms with Crippen LogP contribution in [0.1, 0.15) is 25.8 Å². The lowest BCUT2D eigenvalue weighted by molar-refractivity contribution is -0.0871. The molecule has 0 fully saturated rings. The van der Waals surface area contributed by atoms with Gasteiger partial charge in [-0.25, -0.2) is 0 Å². The Kier molecular flexibility index (Phi) is 9.79. The maximum Gasteiger partial charge on any atom is 0.255 e. The lowest BCUT2D eigenvalue weighted by Gasteiger charge is -2.22. The maximum atomic E-state index is 12.2. The van der Waals surface area contributed by atoms with Crippen molar-refractivity contribution in [1.29, 1.82) is 0 Å². The molecule has 1 unspecified atom stereocenters. The highest BCUT2D eigenvalue weighted by molar-refractivity contribution is 14.1. The Labute approximate surface area is 146 Å². The number of ether oxygens (including phenoxy) is 2. The van der Waals surface area contributed by atoms with Crippen molar-refractivity contribution in [1.82, 2.24) is 5.32 Å². The molecule has 0 amide bonds. The summed E-state index contributed by atoms with van der Waals surface area (Å²) in [5, 5.41) is 3.28. The molecule has 0 bridgehead atoms. The molecule has 0 spiro atoms. The Bertz CT molecular complexity index is 463. The zero-order chi connectivity index (χ0) is 16.4. The summed E-state index contributed by atoms with van der Waals surface area (Å²) in [7, 11) is -3.44. The Morgan fingerprint density at radius 1 is 1.23 bits per heavy atom. The van der Waals surface area contributed by atoms with Crippen LogP contribution in [0.25, 0.3) is 0 Å². The van der Waals surface area contributed by atoms with Crippen molar-refractivity contribution < 1.29 is 18.9 Å². The Morgan fingerprint density at radius 2 is 1.82 bits per heavy atom. The summed E-state index contributed by atoms with van der Waals surface area (Å²) < 4.78 is 23.9. The number of rotatable bonds is 11. The summed E-state index contributed by atoms with van der Waals surface area (Å²) in [6, 6.07) is 7.28. The van der Waals surface area contributed by atoms with E-state index in [4.69, 9.17) is 9.47 Å². The summed E-state index contributed by atoms with van der Waals surface area (Å²) in [6.45, 7) is 5.73. The Balaban J connectivity index is 2.29. The first kappa shape index (κ1) is 20.1. The van der Waals surface area contributed by atoms with Gasteiger partial charge in [0.15, 0.2) is 0 Å². The van der Waals surface area contributed by atoms with E-state index in [0.29, 0.717) is 26.2 Å². The van der Waals surface area contributed by atoms with Crippen LogP contribution in [-0.4, -0.2) is 36.8 Å². The molecule has 0 aromatic heterocycles. The van der Waals surface area contributed by atoms with Gasteiger partial charge in [0.2, 0.25) is 6.03 Å². The number of halogens is 1. The number of hydrogen-bond donors (Lipinski definition) is 2. The predicted molar refractivity (Wildman–Crippen MR) is 97.2 cm³/mol. The first-order valence-electron chi connectivity index (χ1n) is 7.49. The van der Waals surface area contributed by atoms with E-state index in [1.54, 1.807) is 13.8 Å². The van der Waals surface area contributed by atoms with E-state index in [1.807, 2.05) is 0 Å². The standard InChI is InChI=1S/C15H25INO4P/c1-3-20-15(21-4-2)22(18,19)11-5-10-17-12-13-6-8-14(16)9-7-13/h6-9,15,17H,3-5,10-12H2,1-2H3,(H,18,19). The van der Waals surface area contributed by atoms with Crippen LogP contribution in [0.5, 0.6) is 0 Å². The predicted octanol–water partition coefficient (Wildman–Crippen LogP) is 3.40. The summed E-state index contributed by atoms with van der Waals surface area (Å²) in [5.74, 6) is 0. The fraction of sp³-hybridized carbons (Fsp3) is 0.600. The van der Waals surface area contributed by atoms with Gasteiger partial charge in [-0.2, -0.15) is 0 Å². The first-order chi connectivity index (χ1) is 10.5. The summed E-state index contributed by atoms with van der Waals surface area (Å²) in [6.07, 6.45) is 0.798. The quantitative estimate of drug-likeness (QED) is 0.239. The van der Waals surface area contributed by atoms with E-state index in [2.05, 4.69) is 52.2 Å². The number of hydrogen-bond acceptors (Lipinski definition) is 4. The molecule has 2 N–H and O–H groups in total. The molecule has 0 heterocycles. The molecule has 0 radical (unpaired) electrons. The minimum atomic E-state index is -3.44. The molecule has 0 saturated heterocycles. The second-order valence-corrected chi connectivity index (χ2v) is 8.48. The van der Waals surface area contributed by atoms with E-state index >= 15 is 0 Å². The van der Waals surface area contributed by atoms with Gasteiger partial charge in [-0.15, -0.1) is 0 Å². The minimum absolute atomic E-state index is 0.192. The van der Waals surface area contributed by atoms with Crippen LogP contribution in [0.15, 0.2) is 24.3 Å². The third kappa shape index (κ3) is 7.53. The SMILES string of the molecule is CCOC(OCC)P(=O)(O)CCCNCc1ccc(I)cc1. The van der Waals surface area contributed by atoms with Crippen LogP contribution < -0.4 is 5.32 Å². The third-order valence-electron chi connectivity index (χ3n) is 3.02. The second kappa shape index (κ2) is 10.7. The van der Waals surface area contributed by atoms with E-state index in [9.17, 15) is 9.46 Å². The summed E-state index contributed by atoms with van der Waals surface area (Å²) in [5.41, 5.74) is 1.20. The minimum Gasteiger partial charge on any atom is -0.345 e. The average Bonchev–Trinajstić information content (AvgIpc) is 2.48. The molecule has 1 atom stereocenters. The molecule has 22 heavy (non-hydrogen) atoms. The van der Waals surface area contributed by atoms with Crippen LogP contribution in [0, 0.1) is 3.57 Å². The summed E-state index contributed by atoms with van der Waals surface area (Å²) in [4.78, 5) is 10.1. The molecule has 7 heteroatoms. The lowest BCUT2D eigenvalue weighted by Crippen LogP contribution is -2.21. The van der Waals surface area contributed by atoms with Crippen LogP contribution >= 0.6 is 30.0 Å². The molecule has 1 aromatic carbocycles. The van der Waals surface area contributed by atoms with Gasteiger partial charge < -0.3 is 19.7 Å². The van der Waals surface area contributed by atoms with Crippen molar-refractivity contribution in [3.8, 4) is 0 Å². The van der Waals surface area contributed by atoms with Crippen LogP contribution in [0.4, 0.5) is 0 Å². The van der Waals surface area contributed by atoms with Gasteiger partial charge in [-0.1, -0.05) is 12.1 Å². The Morgan fingerprint density at radius 3 is 2.36 bits per heavy atom. The fourth-order valence-corrected chi connectivity index (χ4v) is 3.88. The van der Waals surface area contributed by atoms with Crippen LogP contribution in [0.2, 0.25) is 0 Å². The van der Waals surface area contributed by atoms with Crippen LogP contribution in [-0.2, 0) is 20.6 Å². The highest BCUT2D eigenvalue weighted by atomic mass is 127. The van der Waals surface area contributed by atoms with E-state index < -0.39 is 13.4 Å². The van der Waals surface area contributed by atoms with Crippen molar-refractivity contribution in [3.05, 3.63) is 33.4 Å². The first-order valence-corrected chi connectivity index (χ1v) is 10.5. The van der Waals surface area contributed by atoms with Gasteiger partial charge in [-0.3, -0.25) is 4.57 Å². The molecule has 0 aliphatic heterocycles. The van der Waals surface area contributed by atoms with Gasteiger partial charge in [0.25, 0.3) is 7.37 Å². The van der Waals surface area contributed by atoms with Gasteiger partial charge in [-0.05, 0) is 67.1 Å². The zero-order valence-electron chi connectivity index (χ0n) is 13.1. The molecular weight excluding hydrogens is 416 g/mol. The molecule has 0 aliphatic rings. The summed E-state index contributed by atoms with van der Waals surface area (Å²) >= 11 is 2.27. The van der Waals surface area contributed by atoms with Crippen molar-refractivity contribution in [2.45, 2.75) is 32.8 Å². The fourth-order valence-electron chi connectivity index (χ4n) is 1.94. The normalized spacial score (nSPS) is 14.2. The molecular formula is C15H25INO4P. The zero-order valence-corrected chi connectivity index (χ0v) is 16.2. The molecule has 0 aliphatic carbocycles. The largest absolute Gasteiger partial charge is 0.345 e. The highest BCUT2D eigenvalue weighted by Crippen LogP contribution is 2.47. The topological polar surface area (TPSA) is 67.8 Å². The van der Waals surface area contributed by atoms with E-state index in [-0.39, 0.29) is 6.16 Å². The Hall–Kier alpha value is 0.0200.